The quantitative estimate of drug-likeness (QED) is 0.644. The van der Waals surface area contributed by atoms with E-state index in [4.69, 9.17) is 5.11 Å². The van der Waals surface area contributed by atoms with Crippen molar-refractivity contribution < 1.29 is 15.3 Å². The van der Waals surface area contributed by atoms with Gasteiger partial charge >= 0.3 is 0 Å². The fourth-order valence-corrected chi connectivity index (χ4v) is 6.02. The van der Waals surface area contributed by atoms with Crippen LogP contribution < -0.4 is 0 Å². The highest BCUT2D eigenvalue weighted by molar-refractivity contribution is 5.38. The molecule has 0 spiro atoms. The van der Waals surface area contributed by atoms with Crippen molar-refractivity contribution in [3.8, 4) is 0 Å². The Hall–Kier alpha value is -1.16. The maximum absolute atomic E-state index is 10.1. The maximum Gasteiger partial charge on any atom is 0.0811 e. The van der Waals surface area contributed by atoms with Crippen molar-refractivity contribution in [3.05, 3.63) is 47.6 Å². The minimum Gasteiger partial charge on any atom is -0.393 e. The largest absolute Gasteiger partial charge is 0.393 e. The van der Waals surface area contributed by atoms with E-state index in [9.17, 15) is 10.2 Å². The van der Waals surface area contributed by atoms with Crippen LogP contribution in [0.1, 0.15) is 58.8 Å². The van der Waals surface area contributed by atoms with Gasteiger partial charge in [-0.25, -0.2) is 0 Å². The van der Waals surface area contributed by atoms with Crippen LogP contribution >= 0.6 is 0 Å². The SMILES string of the molecule is C=C1/C(=C\C=C2/CCC[C@]3(C)[C@@H]([C@H](C)/C=C/CO)CC[C@@H]23)CC(O)CC1O. The number of aliphatic hydroxyl groups is 3. The average molecular weight is 373 g/mol. The molecule has 3 aliphatic carbocycles. The molecule has 3 N–H and O–H groups in total. The van der Waals surface area contributed by atoms with E-state index in [1.807, 2.05) is 6.08 Å². The predicted molar refractivity (Wildman–Crippen MR) is 110 cm³/mol. The van der Waals surface area contributed by atoms with E-state index < -0.39 is 12.2 Å². The van der Waals surface area contributed by atoms with Crippen LogP contribution in [0.25, 0.3) is 0 Å². The average Bonchev–Trinajstić information content (AvgIpc) is 2.99. The molecule has 150 valence electrons. The van der Waals surface area contributed by atoms with Gasteiger partial charge in [0.25, 0.3) is 0 Å². The van der Waals surface area contributed by atoms with Gasteiger partial charge in [-0.15, -0.1) is 0 Å². The number of aliphatic hydroxyl groups excluding tert-OH is 3. The van der Waals surface area contributed by atoms with Gasteiger partial charge in [-0.1, -0.05) is 50.3 Å². The molecule has 0 amide bonds. The zero-order chi connectivity index (χ0) is 19.6. The van der Waals surface area contributed by atoms with Crippen LogP contribution in [0, 0.1) is 23.2 Å². The summed E-state index contributed by atoms with van der Waals surface area (Å²) in [7, 11) is 0. The van der Waals surface area contributed by atoms with Crippen LogP contribution in [0.5, 0.6) is 0 Å². The smallest absolute Gasteiger partial charge is 0.0811 e. The molecule has 0 aromatic carbocycles. The van der Waals surface area contributed by atoms with E-state index in [0.29, 0.717) is 36.0 Å². The topological polar surface area (TPSA) is 60.7 Å². The molecule has 0 bridgehead atoms. The Balaban J connectivity index is 1.80. The van der Waals surface area contributed by atoms with Gasteiger partial charge in [0.2, 0.25) is 0 Å². The summed E-state index contributed by atoms with van der Waals surface area (Å²) in [6, 6.07) is 0. The van der Waals surface area contributed by atoms with Gasteiger partial charge in [0.05, 0.1) is 18.8 Å². The molecular formula is C24H36O3. The van der Waals surface area contributed by atoms with Crippen molar-refractivity contribution in [1.82, 2.24) is 0 Å². The highest BCUT2D eigenvalue weighted by Crippen LogP contribution is 2.59. The first-order chi connectivity index (χ1) is 12.9. The van der Waals surface area contributed by atoms with Crippen molar-refractivity contribution in [2.45, 2.75) is 71.0 Å². The number of rotatable bonds is 4. The van der Waals surface area contributed by atoms with Crippen LogP contribution in [0.2, 0.25) is 0 Å². The van der Waals surface area contributed by atoms with E-state index in [1.54, 1.807) is 0 Å². The molecule has 3 aliphatic rings. The second-order valence-electron chi connectivity index (χ2n) is 9.13. The van der Waals surface area contributed by atoms with Crippen LogP contribution in [0.4, 0.5) is 0 Å². The number of fused-ring (bicyclic) bond motifs is 1. The fourth-order valence-electron chi connectivity index (χ4n) is 6.02. The van der Waals surface area contributed by atoms with Crippen LogP contribution in [-0.4, -0.2) is 34.1 Å². The Morgan fingerprint density at radius 3 is 2.78 bits per heavy atom. The minimum atomic E-state index is -0.620. The lowest BCUT2D eigenvalue weighted by Gasteiger charge is -2.44. The second-order valence-corrected chi connectivity index (χ2v) is 9.13. The normalized spacial score (nSPS) is 41.4. The molecular weight excluding hydrogens is 336 g/mol. The summed E-state index contributed by atoms with van der Waals surface area (Å²) in [6.45, 7) is 8.91. The third kappa shape index (κ3) is 4.16. The van der Waals surface area contributed by atoms with Crippen molar-refractivity contribution in [2.75, 3.05) is 6.61 Å². The zero-order valence-corrected chi connectivity index (χ0v) is 16.9. The summed E-state index contributed by atoms with van der Waals surface area (Å²) < 4.78 is 0. The van der Waals surface area contributed by atoms with Gasteiger partial charge in [-0.05, 0) is 72.8 Å². The van der Waals surface area contributed by atoms with Gasteiger partial charge in [0, 0.05) is 6.42 Å². The van der Waals surface area contributed by atoms with Gasteiger partial charge in [0.1, 0.15) is 0 Å². The molecule has 0 saturated heterocycles. The molecule has 3 nitrogen and oxygen atoms in total. The summed E-state index contributed by atoms with van der Waals surface area (Å²) in [4.78, 5) is 0. The zero-order valence-electron chi connectivity index (χ0n) is 16.9. The van der Waals surface area contributed by atoms with Gasteiger partial charge in [-0.2, -0.15) is 0 Å². The molecule has 0 aromatic heterocycles. The van der Waals surface area contributed by atoms with Gasteiger partial charge in [-0.3, -0.25) is 0 Å². The van der Waals surface area contributed by atoms with E-state index in [2.05, 4.69) is 38.7 Å². The molecule has 27 heavy (non-hydrogen) atoms. The highest BCUT2D eigenvalue weighted by atomic mass is 16.3. The molecule has 0 heterocycles. The van der Waals surface area contributed by atoms with E-state index in [-0.39, 0.29) is 6.61 Å². The third-order valence-corrected chi connectivity index (χ3v) is 7.48. The highest BCUT2D eigenvalue weighted by Gasteiger charge is 2.50. The number of hydrogen-bond donors (Lipinski definition) is 3. The van der Waals surface area contributed by atoms with Gasteiger partial charge in [0.15, 0.2) is 0 Å². The van der Waals surface area contributed by atoms with Crippen LogP contribution in [0.3, 0.4) is 0 Å². The first kappa shape index (κ1) is 20.6. The number of allylic oxidation sites excluding steroid dienone is 4. The summed E-state index contributed by atoms with van der Waals surface area (Å²) in [5.41, 5.74) is 3.61. The second kappa shape index (κ2) is 8.46. The molecule has 2 unspecified atom stereocenters. The molecule has 0 aliphatic heterocycles. The monoisotopic (exact) mass is 372 g/mol. The van der Waals surface area contributed by atoms with E-state index in [1.165, 1.54) is 31.3 Å². The Bertz CT molecular complexity index is 644. The standard InChI is InChI=1S/C24H36O3/c1-16(6-5-13-25)21-10-11-22-18(7-4-12-24(21,22)3)8-9-19-14-20(26)15-23(27)17(19)2/h5-6,8-9,16,20-23,25-27H,2,4,7,10-15H2,1,3H3/b6-5+,18-8+,19-9-/t16-,20?,21-,22+,23?,24-/m1/s1. The molecule has 3 rings (SSSR count). The first-order valence-corrected chi connectivity index (χ1v) is 10.6. The lowest BCUT2D eigenvalue weighted by atomic mass is 9.61. The first-order valence-electron chi connectivity index (χ1n) is 10.6. The molecule has 3 fully saturated rings. The lowest BCUT2D eigenvalue weighted by Crippen LogP contribution is -2.35. The third-order valence-electron chi connectivity index (χ3n) is 7.48. The molecule has 3 saturated carbocycles. The van der Waals surface area contributed by atoms with Crippen molar-refractivity contribution >= 4 is 0 Å². The Morgan fingerprint density at radius 1 is 1.26 bits per heavy atom. The summed E-state index contributed by atoms with van der Waals surface area (Å²) in [6.07, 6.45) is 14.5. The summed E-state index contributed by atoms with van der Waals surface area (Å²) >= 11 is 0. The van der Waals surface area contributed by atoms with Crippen molar-refractivity contribution in [2.24, 2.45) is 23.2 Å². The molecule has 6 atom stereocenters. The van der Waals surface area contributed by atoms with E-state index in [0.717, 1.165) is 17.6 Å². The van der Waals surface area contributed by atoms with Gasteiger partial charge < -0.3 is 15.3 Å². The Kier molecular flexibility index (Phi) is 6.45. The summed E-state index contributed by atoms with van der Waals surface area (Å²) in [5, 5.41) is 29.1. The lowest BCUT2D eigenvalue weighted by molar-refractivity contribution is 0.0862. The number of hydrogen-bond acceptors (Lipinski definition) is 3. The Labute approximate surface area is 164 Å². The maximum atomic E-state index is 10.1. The molecule has 0 aromatic rings. The molecule has 3 heteroatoms. The summed E-state index contributed by atoms with van der Waals surface area (Å²) in [5.74, 6) is 1.77. The molecule has 0 radical (unpaired) electrons. The van der Waals surface area contributed by atoms with Crippen molar-refractivity contribution in [3.63, 3.8) is 0 Å². The predicted octanol–water partition coefficient (Wildman–Crippen LogP) is 4.31. The van der Waals surface area contributed by atoms with Crippen LogP contribution in [-0.2, 0) is 0 Å². The van der Waals surface area contributed by atoms with E-state index >= 15 is 0 Å². The van der Waals surface area contributed by atoms with Crippen LogP contribution in [0.15, 0.2) is 47.6 Å². The Morgan fingerprint density at radius 2 is 2.04 bits per heavy atom. The van der Waals surface area contributed by atoms with Crippen molar-refractivity contribution in [1.29, 1.82) is 0 Å². The minimum absolute atomic E-state index is 0.123. The fraction of sp³-hybridized carbons (Fsp3) is 0.667.